The first-order valence-corrected chi connectivity index (χ1v) is 4.23. The Morgan fingerprint density at radius 2 is 2.00 bits per heavy atom. The van der Waals surface area contributed by atoms with Crippen molar-refractivity contribution in [3.63, 3.8) is 0 Å². The van der Waals surface area contributed by atoms with Crippen molar-refractivity contribution in [3.05, 3.63) is 0 Å². The van der Waals surface area contributed by atoms with Crippen LogP contribution in [0.2, 0.25) is 0 Å². The average molecular weight is 170 g/mol. The number of hydrogen-bond acceptors (Lipinski definition) is 2. The summed E-state index contributed by atoms with van der Waals surface area (Å²) in [5, 5.41) is 2.75. The summed E-state index contributed by atoms with van der Waals surface area (Å²) in [6.07, 6.45) is 2.81. The van der Waals surface area contributed by atoms with E-state index in [1.807, 2.05) is 0 Å². The maximum absolute atomic E-state index is 11.0. The predicted octanol–water partition coefficient (Wildman–Crippen LogP) is -0.222. The number of nitrogens with one attached hydrogen (secondary N) is 1. The fraction of sp³-hybridized carbons (Fsp3) is 0.750. The first-order valence-electron chi connectivity index (χ1n) is 4.23. The number of amides is 2. The Balaban J connectivity index is 1.98. The minimum Gasteiger partial charge on any atom is -0.370 e. The van der Waals surface area contributed by atoms with Crippen LogP contribution < -0.4 is 11.1 Å². The molecule has 0 spiro atoms. The van der Waals surface area contributed by atoms with E-state index in [4.69, 9.17) is 5.73 Å². The zero-order chi connectivity index (χ0) is 8.97. The molecule has 4 heteroatoms. The Kier molecular flexibility index (Phi) is 3.08. The number of hydrogen-bond donors (Lipinski definition) is 2. The van der Waals surface area contributed by atoms with Gasteiger partial charge in [0.15, 0.2) is 0 Å². The van der Waals surface area contributed by atoms with Gasteiger partial charge in [0.1, 0.15) is 0 Å². The van der Waals surface area contributed by atoms with Gasteiger partial charge in [-0.2, -0.15) is 0 Å². The summed E-state index contributed by atoms with van der Waals surface area (Å²) in [6.45, 7) is 0.762. The molecule has 0 aromatic heterocycles. The Bertz CT molecular complexity index is 187. The molecule has 1 aliphatic carbocycles. The minimum atomic E-state index is -0.420. The number of nitrogens with two attached hydrogens (primary N) is 1. The highest BCUT2D eigenvalue weighted by Crippen LogP contribution is 2.27. The van der Waals surface area contributed by atoms with Crippen molar-refractivity contribution in [2.75, 3.05) is 6.54 Å². The molecule has 0 bridgehead atoms. The molecule has 4 nitrogen and oxygen atoms in total. The van der Waals surface area contributed by atoms with E-state index in [1.54, 1.807) is 0 Å². The van der Waals surface area contributed by atoms with Crippen LogP contribution in [-0.2, 0) is 9.59 Å². The Hall–Kier alpha value is -1.06. The van der Waals surface area contributed by atoms with E-state index in [0.29, 0.717) is 5.92 Å². The van der Waals surface area contributed by atoms with Crippen LogP contribution in [0.15, 0.2) is 0 Å². The van der Waals surface area contributed by atoms with Crippen LogP contribution in [0.1, 0.15) is 25.7 Å². The second-order valence-corrected chi connectivity index (χ2v) is 3.21. The third kappa shape index (κ3) is 3.95. The molecule has 2 amide bonds. The highest BCUT2D eigenvalue weighted by atomic mass is 16.2. The van der Waals surface area contributed by atoms with Crippen LogP contribution >= 0.6 is 0 Å². The number of primary amides is 1. The fourth-order valence-electron chi connectivity index (χ4n) is 0.905. The van der Waals surface area contributed by atoms with Crippen molar-refractivity contribution in [1.82, 2.24) is 5.32 Å². The topological polar surface area (TPSA) is 72.2 Å². The lowest BCUT2D eigenvalue weighted by Crippen LogP contribution is -2.26. The first-order chi connectivity index (χ1) is 5.68. The molecule has 0 heterocycles. The summed E-state index contributed by atoms with van der Waals surface area (Å²) in [5.74, 6) is 0.194. The molecule has 0 unspecified atom stereocenters. The molecule has 0 aromatic rings. The monoisotopic (exact) mass is 170 g/mol. The lowest BCUT2D eigenvalue weighted by molar-refractivity contribution is -0.125. The van der Waals surface area contributed by atoms with E-state index in [2.05, 4.69) is 5.32 Å². The Morgan fingerprint density at radius 1 is 1.33 bits per heavy atom. The highest BCUT2D eigenvalue weighted by Gasteiger charge is 2.21. The Morgan fingerprint density at radius 3 is 2.50 bits per heavy atom. The van der Waals surface area contributed by atoms with Gasteiger partial charge < -0.3 is 11.1 Å². The van der Waals surface area contributed by atoms with Crippen molar-refractivity contribution >= 4 is 11.8 Å². The second kappa shape index (κ2) is 4.09. The SMILES string of the molecule is NC(=O)CCC(=O)NCC1CC1. The van der Waals surface area contributed by atoms with E-state index >= 15 is 0 Å². The molecular formula is C8H14N2O2. The quantitative estimate of drug-likeness (QED) is 0.598. The van der Waals surface area contributed by atoms with E-state index in [1.165, 1.54) is 12.8 Å². The summed E-state index contributed by atoms with van der Waals surface area (Å²) in [7, 11) is 0. The summed E-state index contributed by atoms with van der Waals surface area (Å²) in [4.78, 5) is 21.3. The van der Waals surface area contributed by atoms with Gasteiger partial charge in [0.2, 0.25) is 11.8 Å². The van der Waals surface area contributed by atoms with E-state index in [0.717, 1.165) is 6.54 Å². The van der Waals surface area contributed by atoms with Crippen LogP contribution in [-0.4, -0.2) is 18.4 Å². The number of carbonyl (C=O) groups excluding carboxylic acids is 2. The molecule has 1 fully saturated rings. The zero-order valence-electron chi connectivity index (χ0n) is 7.01. The van der Waals surface area contributed by atoms with Gasteiger partial charge in [-0.3, -0.25) is 9.59 Å². The normalized spacial score (nSPS) is 15.7. The molecule has 0 atom stereocenters. The molecule has 0 radical (unpaired) electrons. The second-order valence-electron chi connectivity index (χ2n) is 3.21. The third-order valence-corrected chi connectivity index (χ3v) is 1.88. The van der Waals surface area contributed by atoms with Crippen LogP contribution in [0.25, 0.3) is 0 Å². The smallest absolute Gasteiger partial charge is 0.220 e. The van der Waals surface area contributed by atoms with Crippen LogP contribution in [0.4, 0.5) is 0 Å². The minimum absolute atomic E-state index is 0.0688. The standard InChI is InChI=1S/C8H14N2O2/c9-7(11)3-4-8(12)10-5-6-1-2-6/h6H,1-5H2,(H2,9,11)(H,10,12). The maximum Gasteiger partial charge on any atom is 0.220 e. The highest BCUT2D eigenvalue weighted by molar-refractivity contribution is 5.82. The molecule has 0 saturated heterocycles. The van der Waals surface area contributed by atoms with Gasteiger partial charge in [-0.25, -0.2) is 0 Å². The fourth-order valence-corrected chi connectivity index (χ4v) is 0.905. The lowest BCUT2D eigenvalue weighted by atomic mass is 10.3. The molecule has 1 rings (SSSR count). The van der Waals surface area contributed by atoms with E-state index < -0.39 is 5.91 Å². The Labute approximate surface area is 71.5 Å². The van der Waals surface area contributed by atoms with Gasteiger partial charge in [0.25, 0.3) is 0 Å². The van der Waals surface area contributed by atoms with Gasteiger partial charge in [-0.15, -0.1) is 0 Å². The van der Waals surface area contributed by atoms with Gasteiger partial charge in [0.05, 0.1) is 0 Å². The molecule has 1 aliphatic rings. The van der Waals surface area contributed by atoms with Crippen LogP contribution in [0.5, 0.6) is 0 Å². The maximum atomic E-state index is 11.0. The van der Waals surface area contributed by atoms with E-state index in [-0.39, 0.29) is 18.7 Å². The van der Waals surface area contributed by atoms with Gasteiger partial charge in [-0.1, -0.05) is 0 Å². The summed E-state index contributed by atoms with van der Waals surface area (Å²) < 4.78 is 0. The molecule has 0 aliphatic heterocycles. The van der Waals surface area contributed by atoms with Crippen molar-refractivity contribution in [3.8, 4) is 0 Å². The predicted molar refractivity (Wildman–Crippen MR) is 44.2 cm³/mol. The third-order valence-electron chi connectivity index (χ3n) is 1.88. The van der Waals surface area contributed by atoms with Gasteiger partial charge >= 0.3 is 0 Å². The van der Waals surface area contributed by atoms with Crippen LogP contribution in [0, 0.1) is 5.92 Å². The average Bonchev–Trinajstić information content (AvgIpc) is 2.80. The largest absolute Gasteiger partial charge is 0.370 e. The van der Waals surface area contributed by atoms with E-state index in [9.17, 15) is 9.59 Å². The van der Waals surface area contributed by atoms with Crippen molar-refractivity contribution in [2.24, 2.45) is 11.7 Å². The first kappa shape index (κ1) is 9.03. The van der Waals surface area contributed by atoms with Gasteiger partial charge in [-0.05, 0) is 18.8 Å². The molecular weight excluding hydrogens is 156 g/mol. The van der Waals surface area contributed by atoms with Crippen LogP contribution in [0.3, 0.4) is 0 Å². The summed E-state index contributed by atoms with van der Waals surface area (Å²) >= 11 is 0. The molecule has 3 N–H and O–H groups in total. The number of rotatable bonds is 5. The van der Waals surface area contributed by atoms with Crippen molar-refractivity contribution < 1.29 is 9.59 Å². The molecule has 1 saturated carbocycles. The lowest BCUT2D eigenvalue weighted by Gasteiger charge is -2.01. The van der Waals surface area contributed by atoms with Crippen molar-refractivity contribution in [1.29, 1.82) is 0 Å². The molecule has 12 heavy (non-hydrogen) atoms. The number of carbonyl (C=O) groups is 2. The summed E-state index contributed by atoms with van der Waals surface area (Å²) in [5.41, 5.74) is 4.89. The molecule has 0 aromatic carbocycles. The van der Waals surface area contributed by atoms with Gasteiger partial charge in [0, 0.05) is 19.4 Å². The summed E-state index contributed by atoms with van der Waals surface area (Å²) in [6, 6.07) is 0. The van der Waals surface area contributed by atoms with Crippen molar-refractivity contribution in [2.45, 2.75) is 25.7 Å². The zero-order valence-corrected chi connectivity index (χ0v) is 7.01. The molecule has 68 valence electrons.